The molecule has 1 heterocycles. The Hall–Kier alpha value is -0.880. The summed E-state index contributed by atoms with van der Waals surface area (Å²) in [5.74, 6) is 2.14. The minimum absolute atomic E-state index is 0.149. The average Bonchev–Trinajstić information content (AvgIpc) is 2.27. The lowest BCUT2D eigenvalue weighted by Gasteiger charge is -2.36. The van der Waals surface area contributed by atoms with Crippen molar-refractivity contribution < 1.29 is 22.2 Å². The predicted molar refractivity (Wildman–Crippen MR) is 74.9 cm³/mol. The summed E-state index contributed by atoms with van der Waals surface area (Å²) in [6, 6.07) is 0. The van der Waals surface area contributed by atoms with Gasteiger partial charge in [0.2, 0.25) is 0 Å². The van der Waals surface area contributed by atoms with Gasteiger partial charge in [-0.2, -0.15) is 8.42 Å². The fraction of sp³-hybridized carbons (Fsp3) is 0.846. The lowest BCUT2D eigenvalue weighted by Crippen LogP contribution is -2.38. The Labute approximate surface area is 120 Å². The molecule has 0 aliphatic carbocycles. The van der Waals surface area contributed by atoms with Crippen LogP contribution >= 0.6 is 0 Å². The zero-order chi connectivity index (χ0) is 15.4. The molecule has 1 fully saturated rings. The summed E-state index contributed by atoms with van der Waals surface area (Å²) in [4.78, 5) is 16.7. The summed E-state index contributed by atoms with van der Waals surface area (Å²) in [5, 5.41) is 1.60. The van der Waals surface area contributed by atoms with Crippen molar-refractivity contribution in [2.75, 3.05) is 19.4 Å². The molecule has 0 bridgehead atoms. The molecular formula is C13H23NO5S. The van der Waals surface area contributed by atoms with Crippen LogP contribution in [0.25, 0.3) is 0 Å². The summed E-state index contributed by atoms with van der Waals surface area (Å²) in [6.45, 7) is 6.51. The van der Waals surface area contributed by atoms with Crippen LogP contribution in [0.3, 0.4) is 0 Å². The highest BCUT2D eigenvalue weighted by atomic mass is 32.2. The van der Waals surface area contributed by atoms with Crippen LogP contribution in [0, 0.1) is 5.92 Å². The van der Waals surface area contributed by atoms with Crippen LogP contribution in [0.2, 0.25) is 0 Å². The molecule has 116 valence electrons. The van der Waals surface area contributed by atoms with E-state index in [4.69, 9.17) is 9.02 Å². The molecular weight excluding hydrogens is 282 g/mol. The Kier molecular flexibility index (Phi) is 5.77. The minimum atomic E-state index is -3.40. The van der Waals surface area contributed by atoms with Crippen LogP contribution in [0.5, 0.6) is 0 Å². The molecule has 1 rings (SSSR count). The van der Waals surface area contributed by atoms with Crippen molar-refractivity contribution in [3.8, 4) is 0 Å². The maximum absolute atomic E-state index is 11.0. The van der Waals surface area contributed by atoms with Crippen molar-refractivity contribution in [3.05, 3.63) is 5.70 Å². The van der Waals surface area contributed by atoms with Gasteiger partial charge in [-0.15, -0.1) is 0 Å². The molecule has 1 atom stereocenters. The molecule has 6 nitrogen and oxygen atoms in total. The molecule has 7 heteroatoms. The first-order valence-electron chi connectivity index (χ1n) is 6.66. The Morgan fingerprint density at radius 1 is 1.40 bits per heavy atom. The van der Waals surface area contributed by atoms with Gasteiger partial charge in [-0.05, 0) is 39.5 Å². The summed E-state index contributed by atoms with van der Waals surface area (Å²) in [7, 11) is -3.40. The largest absolute Gasteiger partial charge is 0.270 e. The van der Waals surface area contributed by atoms with Crippen LogP contribution in [-0.4, -0.2) is 44.4 Å². The Balaban J connectivity index is 2.50. The molecule has 1 saturated heterocycles. The second kappa shape index (κ2) is 6.72. The van der Waals surface area contributed by atoms with Gasteiger partial charge in [0.05, 0.1) is 18.5 Å². The van der Waals surface area contributed by atoms with E-state index in [0.29, 0.717) is 25.1 Å². The van der Waals surface area contributed by atoms with Crippen molar-refractivity contribution in [3.63, 3.8) is 0 Å². The fourth-order valence-electron chi connectivity index (χ4n) is 2.05. The third-order valence-electron chi connectivity index (χ3n) is 2.85. The molecule has 0 N–H and O–H groups in total. The van der Waals surface area contributed by atoms with E-state index in [0.717, 1.165) is 12.7 Å². The number of rotatable bonds is 5. The number of hydrogen-bond donors (Lipinski definition) is 0. The Bertz CT molecular complexity index is 473. The van der Waals surface area contributed by atoms with Crippen molar-refractivity contribution in [1.29, 1.82) is 0 Å². The molecule has 1 aliphatic rings. The van der Waals surface area contributed by atoms with Crippen LogP contribution in [0.1, 0.15) is 40.0 Å². The lowest BCUT2D eigenvalue weighted by atomic mass is 9.93. The van der Waals surface area contributed by atoms with Gasteiger partial charge in [-0.1, -0.05) is 0 Å². The van der Waals surface area contributed by atoms with E-state index in [1.54, 1.807) is 5.06 Å². The lowest BCUT2D eigenvalue weighted by molar-refractivity contribution is -0.215. The van der Waals surface area contributed by atoms with Crippen molar-refractivity contribution in [1.82, 2.24) is 5.06 Å². The summed E-state index contributed by atoms with van der Waals surface area (Å²) >= 11 is 0. The summed E-state index contributed by atoms with van der Waals surface area (Å²) in [6.07, 6.45) is 2.99. The number of carbonyl (C=O) groups excluding carboxylic acids is 1. The molecule has 20 heavy (non-hydrogen) atoms. The van der Waals surface area contributed by atoms with Gasteiger partial charge in [0.25, 0.3) is 10.1 Å². The standard InChI is InChI=1S/C13H23NO5S/c1-13(2,3)19-14-7-5-11(9-12(14)10-15)6-8-18-20(4,16)17/h11H,5-9H2,1-4H3. The predicted octanol–water partition coefficient (Wildman–Crippen LogP) is 1.51. The van der Waals surface area contributed by atoms with Gasteiger partial charge in [0, 0.05) is 13.0 Å². The molecule has 0 aromatic carbocycles. The van der Waals surface area contributed by atoms with Crippen molar-refractivity contribution >= 4 is 16.1 Å². The van der Waals surface area contributed by atoms with E-state index in [2.05, 4.69) is 0 Å². The second-order valence-electron chi connectivity index (χ2n) is 6.03. The highest BCUT2D eigenvalue weighted by Crippen LogP contribution is 2.29. The van der Waals surface area contributed by atoms with E-state index in [-0.39, 0.29) is 18.1 Å². The van der Waals surface area contributed by atoms with Crippen LogP contribution < -0.4 is 0 Å². The van der Waals surface area contributed by atoms with Gasteiger partial charge in [0.15, 0.2) is 0 Å². The molecule has 0 radical (unpaired) electrons. The smallest absolute Gasteiger partial charge is 0.264 e. The normalized spacial score (nSPS) is 20.9. The number of nitrogens with zero attached hydrogens (tertiary/aromatic N) is 1. The van der Waals surface area contributed by atoms with Gasteiger partial charge >= 0.3 is 0 Å². The van der Waals surface area contributed by atoms with Gasteiger partial charge in [-0.25, -0.2) is 9.86 Å². The Morgan fingerprint density at radius 2 is 2.05 bits per heavy atom. The molecule has 0 saturated carbocycles. The van der Waals surface area contributed by atoms with E-state index in [1.165, 1.54) is 0 Å². The molecule has 1 aliphatic heterocycles. The monoisotopic (exact) mass is 305 g/mol. The maximum atomic E-state index is 11.0. The molecule has 0 spiro atoms. The molecule has 0 aromatic rings. The Morgan fingerprint density at radius 3 is 2.55 bits per heavy atom. The van der Waals surface area contributed by atoms with Crippen molar-refractivity contribution in [2.45, 2.75) is 45.6 Å². The van der Waals surface area contributed by atoms with E-state index in [9.17, 15) is 13.2 Å². The first-order chi connectivity index (χ1) is 9.11. The quantitative estimate of drug-likeness (QED) is 0.566. The van der Waals surface area contributed by atoms with E-state index < -0.39 is 10.1 Å². The van der Waals surface area contributed by atoms with E-state index >= 15 is 0 Å². The third-order valence-corrected chi connectivity index (χ3v) is 3.44. The zero-order valence-electron chi connectivity index (χ0n) is 12.5. The number of hydrogen-bond acceptors (Lipinski definition) is 6. The van der Waals surface area contributed by atoms with Gasteiger partial charge < -0.3 is 0 Å². The fourth-order valence-corrected chi connectivity index (χ4v) is 2.45. The topological polar surface area (TPSA) is 72.9 Å². The third kappa shape index (κ3) is 6.52. The molecule has 0 amide bonds. The average molecular weight is 305 g/mol. The summed E-state index contributed by atoms with van der Waals surface area (Å²) in [5.41, 5.74) is 0.115. The zero-order valence-corrected chi connectivity index (χ0v) is 13.3. The van der Waals surface area contributed by atoms with Crippen LogP contribution in [0.4, 0.5) is 0 Å². The highest BCUT2D eigenvalue weighted by molar-refractivity contribution is 7.85. The highest BCUT2D eigenvalue weighted by Gasteiger charge is 2.28. The van der Waals surface area contributed by atoms with E-state index in [1.807, 2.05) is 26.7 Å². The first kappa shape index (κ1) is 17.2. The number of hydroxylamine groups is 2. The summed E-state index contributed by atoms with van der Waals surface area (Å²) < 4.78 is 26.5. The van der Waals surface area contributed by atoms with Crippen molar-refractivity contribution in [2.24, 2.45) is 5.92 Å². The SMILES string of the molecule is CC(C)(C)ON1CCC(CCOS(C)(=O)=O)CC1=C=O. The van der Waals surface area contributed by atoms with Gasteiger partial charge in [0.1, 0.15) is 11.6 Å². The second-order valence-corrected chi connectivity index (χ2v) is 7.67. The van der Waals surface area contributed by atoms with Gasteiger partial charge in [-0.3, -0.25) is 9.02 Å². The molecule has 0 aromatic heterocycles. The van der Waals surface area contributed by atoms with Crippen LogP contribution in [0.15, 0.2) is 5.70 Å². The minimum Gasteiger partial charge on any atom is -0.270 e. The first-order valence-corrected chi connectivity index (χ1v) is 8.47. The van der Waals surface area contributed by atoms with Crippen LogP contribution in [-0.2, 0) is 23.9 Å². The molecule has 1 unspecified atom stereocenters. The maximum Gasteiger partial charge on any atom is 0.264 e. The number of piperidine rings is 1. The number of allylic oxidation sites excluding steroid dienone is 1.